The van der Waals surface area contributed by atoms with Crippen LogP contribution in [0.5, 0.6) is 0 Å². The summed E-state index contributed by atoms with van der Waals surface area (Å²) in [5.41, 5.74) is 3.64. The van der Waals surface area contributed by atoms with Gasteiger partial charge >= 0.3 is 0 Å². The molecule has 0 spiro atoms. The Balaban J connectivity index is 1.41. The quantitative estimate of drug-likeness (QED) is 0.368. The van der Waals surface area contributed by atoms with Gasteiger partial charge in [-0.3, -0.25) is 14.9 Å². The van der Waals surface area contributed by atoms with Crippen LogP contribution >= 0.6 is 0 Å². The third-order valence-electron chi connectivity index (χ3n) is 5.26. The minimum absolute atomic E-state index is 0.0334. The number of aryl methyl sites for hydroxylation is 1. The van der Waals surface area contributed by atoms with E-state index in [1.807, 2.05) is 0 Å². The monoisotopic (exact) mass is 383 g/mol. The maximum absolute atomic E-state index is 12.3. The average Bonchev–Trinajstić information content (AvgIpc) is 2.71. The number of anilines is 1. The maximum Gasteiger partial charge on any atom is 0.275 e. The maximum atomic E-state index is 12.3. The molecule has 28 heavy (non-hydrogen) atoms. The Morgan fingerprint density at radius 1 is 1.18 bits per heavy atom. The minimum Gasteiger partial charge on any atom is -0.383 e. The fourth-order valence-corrected chi connectivity index (χ4v) is 3.81. The normalized spacial score (nSPS) is 16.7. The molecule has 1 amide bonds. The zero-order valence-electron chi connectivity index (χ0n) is 16.1. The Bertz CT molecular complexity index is 823. The summed E-state index contributed by atoms with van der Waals surface area (Å²) >= 11 is 0. The number of nitro benzene ring substituents is 1. The number of amides is 1. The molecular formula is C21H27N4O3+. The summed E-state index contributed by atoms with van der Waals surface area (Å²) in [6.45, 7) is 1.51. The lowest BCUT2D eigenvalue weighted by Crippen LogP contribution is -3.10. The van der Waals surface area contributed by atoms with E-state index >= 15 is 0 Å². The van der Waals surface area contributed by atoms with Gasteiger partial charge in [-0.25, -0.2) is 0 Å². The highest BCUT2D eigenvalue weighted by Gasteiger charge is 2.27. The molecule has 0 saturated carbocycles. The zero-order chi connectivity index (χ0) is 19.9. The molecule has 3 rings (SSSR count). The minimum atomic E-state index is -0.423. The Morgan fingerprint density at radius 2 is 1.93 bits per heavy atom. The summed E-state index contributed by atoms with van der Waals surface area (Å²) in [6, 6.07) is 15.2. The molecule has 0 fully saturated rings. The topological polar surface area (TPSA) is 88.7 Å². The van der Waals surface area contributed by atoms with Crippen LogP contribution in [0.4, 0.5) is 11.4 Å². The highest BCUT2D eigenvalue weighted by atomic mass is 16.6. The summed E-state index contributed by atoms with van der Waals surface area (Å²) in [5, 5.41) is 16.8. The van der Waals surface area contributed by atoms with Crippen LogP contribution in [0, 0.1) is 10.1 Å². The molecular weight excluding hydrogens is 356 g/mol. The summed E-state index contributed by atoms with van der Waals surface area (Å²) in [7, 11) is 2.08. The van der Waals surface area contributed by atoms with Crippen molar-refractivity contribution in [2.24, 2.45) is 0 Å². The average molecular weight is 383 g/mol. The predicted octanol–water partition coefficient (Wildman–Crippen LogP) is 1.72. The first-order chi connectivity index (χ1) is 13.5. The largest absolute Gasteiger partial charge is 0.383 e. The van der Waals surface area contributed by atoms with Crippen LogP contribution in [0.1, 0.15) is 30.0 Å². The van der Waals surface area contributed by atoms with Crippen molar-refractivity contribution in [3.8, 4) is 0 Å². The lowest BCUT2D eigenvalue weighted by molar-refractivity contribution is -0.905. The van der Waals surface area contributed by atoms with E-state index in [2.05, 4.69) is 41.9 Å². The molecule has 3 N–H and O–H groups in total. The van der Waals surface area contributed by atoms with Gasteiger partial charge in [-0.2, -0.15) is 0 Å². The van der Waals surface area contributed by atoms with E-state index in [0.717, 1.165) is 18.5 Å². The van der Waals surface area contributed by atoms with Crippen LogP contribution in [-0.2, 0) is 11.2 Å². The molecule has 1 unspecified atom stereocenters. The third-order valence-corrected chi connectivity index (χ3v) is 5.26. The molecule has 2 aromatic rings. The molecule has 0 aromatic heterocycles. The first-order valence-electron chi connectivity index (χ1n) is 9.69. The molecule has 0 heterocycles. The number of rotatable bonds is 8. The third kappa shape index (κ3) is 5.07. The fraction of sp³-hybridized carbons (Fsp3) is 0.381. The summed E-state index contributed by atoms with van der Waals surface area (Å²) in [6.07, 6.45) is 3.40. The van der Waals surface area contributed by atoms with E-state index in [-0.39, 0.29) is 11.6 Å². The number of nitro groups is 1. The van der Waals surface area contributed by atoms with Crippen molar-refractivity contribution in [2.75, 3.05) is 32.0 Å². The molecule has 0 aliphatic heterocycles. The predicted molar refractivity (Wildman–Crippen MR) is 108 cm³/mol. The van der Waals surface area contributed by atoms with Crippen LogP contribution in [0.3, 0.4) is 0 Å². The Labute approximate surface area is 164 Å². The second kappa shape index (κ2) is 9.32. The van der Waals surface area contributed by atoms with Gasteiger partial charge in [0.1, 0.15) is 6.04 Å². The number of hydrogen-bond acceptors (Lipinski definition) is 4. The summed E-state index contributed by atoms with van der Waals surface area (Å²) < 4.78 is 0. The highest BCUT2D eigenvalue weighted by Crippen LogP contribution is 2.27. The number of quaternary nitrogens is 1. The van der Waals surface area contributed by atoms with E-state index in [1.54, 1.807) is 12.1 Å². The second-order valence-electron chi connectivity index (χ2n) is 7.25. The summed E-state index contributed by atoms with van der Waals surface area (Å²) in [5.74, 6) is 0.0334. The van der Waals surface area contributed by atoms with Gasteiger partial charge in [0.15, 0.2) is 6.54 Å². The number of benzene rings is 2. The first kappa shape index (κ1) is 19.8. The van der Waals surface area contributed by atoms with Crippen molar-refractivity contribution in [1.82, 2.24) is 5.32 Å². The number of nitrogens with zero attached hydrogens (tertiary/aromatic N) is 1. The standard InChI is InChI=1S/C21H26N4O3/c1-24(20-8-4-6-16-5-2-3-7-19(16)20)15-21(26)23-14-13-22-17-9-11-18(12-10-17)25(27)28/h2-3,5,7,9-12,20,22H,4,6,8,13-15H2,1H3,(H,23,26)/p+1/t20-/m1/s1. The van der Waals surface area contributed by atoms with Crippen LogP contribution in [-0.4, -0.2) is 37.5 Å². The number of non-ortho nitro benzene ring substituents is 1. The van der Waals surface area contributed by atoms with Gasteiger partial charge in [0.2, 0.25) is 0 Å². The molecule has 0 radical (unpaired) electrons. The van der Waals surface area contributed by atoms with Crippen molar-refractivity contribution >= 4 is 17.3 Å². The van der Waals surface area contributed by atoms with Gasteiger partial charge in [-0.15, -0.1) is 0 Å². The number of carbonyl (C=O) groups excluding carboxylic acids is 1. The van der Waals surface area contributed by atoms with Gasteiger partial charge in [0.25, 0.3) is 11.6 Å². The van der Waals surface area contributed by atoms with Crippen molar-refractivity contribution in [1.29, 1.82) is 0 Å². The van der Waals surface area contributed by atoms with E-state index in [0.29, 0.717) is 25.7 Å². The molecule has 0 bridgehead atoms. The molecule has 0 saturated heterocycles. The zero-order valence-corrected chi connectivity index (χ0v) is 16.1. The molecule has 2 atom stereocenters. The molecule has 1 aliphatic rings. The Kier molecular flexibility index (Phi) is 6.60. The highest BCUT2D eigenvalue weighted by molar-refractivity contribution is 5.76. The van der Waals surface area contributed by atoms with Gasteiger partial charge in [0, 0.05) is 42.9 Å². The van der Waals surface area contributed by atoms with E-state index in [1.165, 1.54) is 34.6 Å². The SMILES string of the molecule is C[NH+](CC(=O)NCCNc1ccc([N+](=O)[O-])cc1)[C@@H]1CCCc2ccccc21. The van der Waals surface area contributed by atoms with Gasteiger partial charge in [-0.05, 0) is 30.5 Å². The lowest BCUT2D eigenvalue weighted by atomic mass is 9.87. The van der Waals surface area contributed by atoms with Crippen LogP contribution in [0.2, 0.25) is 0 Å². The number of likely N-dealkylation sites (N-methyl/N-ethyl adjacent to an activating group) is 1. The van der Waals surface area contributed by atoms with Gasteiger partial charge in [-0.1, -0.05) is 24.3 Å². The number of hydrogen-bond donors (Lipinski definition) is 3. The second-order valence-corrected chi connectivity index (χ2v) is 7.25. The van der Waals surface area contributed by atoms with Crippen molar-refractivity contribution < 1.29 is 14.6 Å². The summed E-state index contributed by atoms with van der Waals surface area (Å²) in [4.78, 5) is 23.8. The van der Waals surface area contributed by atoms with Crippen LogP contribution in [0.25, 0.3) is 0 Å². The Hall–Kier alpha value is -2.93. The molecule has 148 valence electrons. The number of fused-ring (bicyclic) bond motifs is 1. The van der Waals surface area contributed by atoms with Gasteiger partial charge in [0.05, 0.1) is 12.0 Å². The van der Waals surface area contributed by atoms with Gasteiger partial charge < -0.3 is 15.5 Å². The fourth-order valence-electron chi connectivity index (χ4n) is 3.81. The molecule has 7 heteroatoms. The number of carbonyl (C=O) groups is 1. The van der Waals surface area contributed by atoms with E-state index < -0.39 is 4.92 Å². The van der Waals surface area contributed by atoms with Crippen molar-refractivity contribution in [3.05, 3.63) is 69.8 Å². The van der Waals surface area contributed by atoms with Crippen molar-refractivity contribution in [3.63, 3.8) is 0 Å². The lowest BCUT2D eigenvalue weighted by Gasteiger charge is -2.30. The van der Waals surface area contributed by atoms with Crippen LogP contribution in [0.15, 0.2) is 48.5 Å². The molecule has 1 aliphatic carbocycles. The number of nitrogens with one attached hydrogen (secondary N) is 3. The van der Waals surface area contributed by atoms with Crippen LogP contribution < -0.4 is 15.5 Å². The van der Waals surface area contributed by atoms with E-state index in [9.17, 15) is 14.9 Å². The molecule has 7 nitrogen and oxygen atoms in total. The Morgan fingerprint density at radius 3 is 2.68 bits per heavy atom. The van der Waals surface area contributed by atoms with E-state index in [4.69, 9.17) is 0 Å². The first-order valence-corrected chi connectivity index (χ1v) is 9.69. The smallest absolute Gasteiger partial charge is 0.275 e. The molecule has 2 aromatic carbocycles. The van der Waals surface area contributed by atoms with Crippen molar-refractivity contribution in [2.45, 2.75) is 25.3 Å².